The molecule has 0 aromatic rings. The third-order valence-corrected chi connectivity index (χ3v) is 1.41. The van der Waals surface area contributed by atoms with E-state index in [1.54, 1.807) is 6.92 Å². The van der Waals surface area contributed by atoms with Gasteiger partial charge in [-0.3, -0.25) is 0 Å². The minimum atomic E-state index is -1.17. The average Bonchev–Trinajstić information content (AvgIpc) is 1.62. The van der Waals surface area contributed by atoms with Crippen molar-refractivity contribution >= 4 is 0 Å². The highest BCUT2D eigenvalue weighted by Crippen LogP contribution is 2.05. The van der Waals surface area contributed by atoms with Gasteiger partial charge in [-0.05, 0) is 13.3 Å². The molecule has 3 nitrogen and oxygen atoms in total. The van der Waals surface area contributed by atoms with Gasteiger partial charge < -0.3 is 5.21 Å². The van der Waals surface area contributed by atoms with E-state index in [0.717, 1.165) is 0 Å². The third-order valence-electron chi connectivity index (χ3n) is 1.41. The maximum Gasteiger partial charge on any atom is 0.115 e. The number of hydrogen-bond donors (Lipinski definition) is 1. The van der Waals surface area contributed by atoms with E-state index in [1.165, 1.54) is 7.05 Å². The summed E-state index contributed by atoms with van der Waals surface area (Å²) in [4.78, 5) is -1.17. The van der Waals surface area contributed by atoms with E-state index in [9.17, 15) is 5.21 Å². The van der Waals surface area contributed by atoms with Crippen LogP contribution in [0.1, 0.15) is 20.3 Å². The predicted molar refractivity (Wildman–Crippen MR) is 31.1 cm³/mol. The number of rotatable bonds is 2. The number of hydroxylamine groups is 4. The molecule has 0 amide bonds. The van der Waals surface area contributed by atoms with Gasteiger partial charge in [0.05, 0.1) is 7.05 Å². The van der Waals surface area contributed by atoms with Crippen LogP contribution in [0.25, 0.3) is 0 Å². The van der Waals surface area contributed by atoms with Gasteiger partial charge in [-0.25, -0.2) is 10.0 Å². The lowest BCUT2D eigenvalue weighted by Gasteiger charge is -2.34. The Morgan fingerprint density at radius 2 is 2.12 bits per heavy atom. The molecule has 0 fully saturated rings. The minimum Gasteiger partial charge on any atom is -0.598 e. The number of quaternary nitrogens is 1. The Balaban J connectivity index is 3.62. The molecule has 1 unspecified atom stereocenters. The first-order chi connectivity index (χ1) is 3.48. The van der Waals surface area contributed by atoms with Gasteiger partial charge >= 0.3 is 0 Å². The molecule has 0 rings (SSSR count). The Labute approximate surface area is 49.7 Å². The summed E-state index contributed by atoms with van der Waals surface area (Å²) in [5.74, 6) is 0. The summed E-state index contributed by atoms with van der Waals surface area (Å²) in [5, 5.41) is 19.2. The van der Waals surface area contributed by atoms with Crippen LogP contribution in [-0.2, 0) is 0 Å². The van der Waals surface area contributed by atoms with Gasteiger partial charge in [0.1, 0.15) is 6.04 Å². The van der Waals surface area contributed by atoms with Crippen LogP contribution in [0.4, 0.5) is 0 Å². The zero-order valence-corrected chi connectivity index (χ0v) is 5.59. The molecule has 0 radical (unpaired) electrons. The molecule has 1 N–H and O–H groups in total. The lowest BCUT2D eigenvalue weighted by molar-refractivity contribution is -1.07. The van der Waals surface area contributed by atoms with Gasteiger partial charge in [0.15, 0.2) is 0 Å². The first kappa shape index (κ1) is 7.88. The van der Waals surface area contributed by atoms with E-state index in [1.807, 2.05) is 6.92 Å². The van der Waals surface area contributed by atoms with Gasteiger partial charge in [0.25, 0.3) is 0 Å². The van der Waals surface area contributed by atoms with Gasteiger partial charge in [0.2, 0.25) is 0 Å². The topological polar surface area (TPSA) is 43.3 Å². The van der Waals surface area contributed by atoms with Crippen LogP contribution in [-0.4, -0.2) is 23.1 Å². The van der Waals surface area contributed by atoms with E-state index in [4.69, 9.17) is 5.21 Å². The first-order valence-corrected chi connectivity index (χ1v) is 2.78. The molecule has 0 aliphatic rings. The fourth-order valence-corrected chi connectivity index (χ4v) is 0.339. The summed E-state index contributed by atoms with van der Waals surface area (Å²) in [6, 6.07) is -0.213. The molecular formula is C5H13NO2. The van der Waals surface area contributed by atoms with Crippen LogP contribution < -0.4 is 0 Å². The van der Waals surface area contributed by atoms with Gasteiger partial charge in [0, 0.05) is 0 Å². The summed E-state index contributed by atoms with van der Waals surface area (Å²) >= 11 is 0. The second kappa shape index (κ2) is 2.44. The maximum absolute atomic E-state index is 10.5. The molecule has 0 saturated heterocycles. The van der Waals surface area contributed by atoms with E-state index in [2.05, 4.69) is 0 Å². The van der Waals surface area contributed by atoms with E-state index < -0.39 is 4.81 Å². The second-order valence-electron chi connectivity index (χ2n) is 2.20. The van der Waals surface area contributed by atoms with Crippen molar-refractivity contribution in [3.63, 3.8) is 0 Å². The molecule has 0 bridgehead atoms. The van der Waals surface area contributed by atoms with Crippen molar-refractivity contribution < 1.29 is 10.0 Å². The van der Waals surface area contributed by atoms with Crippen molar-refractivity contribution in [1.82, 2.24) is 0 Å². The Kier molecular flexibility index (Phi) is 2.40. The molecule has 0 aromatic heterocycles. The quantitative estimate of drug-likeness (QED) is 0.437. The summed E-state index contributed by atoms with van der Waals surface area (Å²) in [6.45, 7) is 3.59. The molecular weight excluding hydrogens is 106 g/mol. The van der Waals surface area contributed by atoms with Crippen LogP contribution in [0.15, 0.2) is 0 Å². The van der Waals surface area contributed by atoms with Crippen molar-refractivity contribution in [2.45, 2.75) is 26.3 Å². The highest BCUT2D eigenvalue weighted by Gasteiger charge is 2.13. The van der Waals surface area contributed by atoms with Gasteiger partial charge in [-0.15, -0.1) is 0 Å². The van der Waals surface area contributed by atoms with Crippen LogP contribution in [0.5, 0.6) is 0 Å². The highest BCUT2D eigenvalue weighted by atomic mass is 16.8. The Morgan fingerprint density at radius 3 is 2.12 bits per heavy atom. The fraction of sp³-hybridized carbons (Fsp3) is 1.00. The van der Waals surface area contributed by atoms with Crippen molar-refractivity contribution in [2.75, 3.05) is 7.05 Å². The number of nitrogens with zero attached hydrogens (tertiary/aromatic N) is 1. The van der Waals surface area contributed by atoms with Crippen molar-refractivity contribution in [2.24, 2.45) is 0 Å². The Hall–Kier alpha value is -0.120. The molecule has 0 spiro atoms. The molecule has 2 atom stereocenters. The molecule has 0 aliphatic carbocycles. The van der Waals surface area contributed by atoms with Crippen LogP contribution in [0.3, 0.4) is 0 Å². The van der Waals surface area contributed by atoms with E-state index in [0.29, 0.717) is 6.42 Å². The zero-order chi connectivity index (χ0) is 6.78. The molecule has 0 aliphatic heterocycles. The summed E-state index contributed by atoms with van der Waals surface area (Å²) in [7, 11) is 1.23. The summed E-state index contributed by atoms with van der Waals surface area (Å²) in [6.07, 6.45) is 0.705. The standard InChI is InChI=1S/C5H13NO2/c1-4-5(2)6(3,7)8/h5,7H,4H2,1-3H3/t5-/m1/s1. The smallest absolute Gasteiger partial charge is 0.115 e. The second-order valence-corrected chi connectivity index (χ2v) is 2.20. The molecule has 0 heterocycles. The minimum absolute atomic E-state index is 0.213. The summed E-state index contributed by atoms with van der Waals surface area (Å²) in [5.41, 5.74) is 0. The van der Waals surface area contributed by atoms with Crippen molar-refractivity contribution in [1.29, 1.82) is 0 Å². The van der Waals surface area contributed by atoms with Gasteiger partial charge in [-0.1, -0.05) is 6.92 Å². The van der Waals surface area contributed by atoms with Crippen LogP contribution in [0.2, 0.25) is 0 Å². The highest BCUT2D eigenvalue weighted by molar-refractivity contribution is 4.41. The van der Waals surface area contributed by atoms with Crippen LogP contribution >= 0.6 is 0 Å². The lowest BCUT2D eigenvalue weighted by atomic mass is 10.3. The predicted octanol–water partition coefficient (Wildman–Crippen LogP) is 1.12. The third kappa shape index (κ3) is 2.26. The van der Waals surface area contributed by atoms with E-state index >= 15 is 0 Å². The summed E-state index contributed by atoms with van der Waals surface area (Å²) < 4.78 is 0. The number of hydrogen-bond acceptors (Lipinski definition) is 2. The monoisotopic (exact) mass is 119 g/mol. The SMILES string of the molecule is CC[C@@H](C)[N+](C)([O-])O. The normalized spacial score (nSPS) is 22.1. The fourth-order valence-electron chi connectivity index (χ4n) is 0.339. The molecule has 8 heavy (non-hydrogen) atoms. The Bertz CT molecular complexity index is 67.3. The average molecular weight is 119 g/mol. The molecule has 50 valence electrons. The zero-order valence-electron chi connectivity index (χ0n) is 5.59. The molecule has 0 aromatic carbocycles. The van der Waals surface area contributed by atoms with Crippen molar-refractivity contribution in [3.05, 3.63) is 5.21 Å². The van der Waals surface area contributed by atoms with Crippen molar-refractivity contribution in [3.8, 4) is 0 Å². The maximum atomic E-state index is 10.5. The molecule has 0 saturated carbocycles. The Morgan fingerprint density at radius 1 is 1.75 bits per heavy atom. The molecule has 3 heteroatoms. The van der Waals surface area contributed by atoms with Gasteiger partial charge in [-0.2, -0.15) is 0 Å². The lowest BCUT2D eigenvalue weighted by Crippen LogP contribution is -2.41. The van der Waals surface area contributed by atoms with E-state index in [-0.39, 0.29) is 6.04 Å². The van der Waals surface area contributed by atoms with Crippen LogP contribution in [0, 0.1) is 5.21 Å². The first-order valence-electron chi connectivity index (χ1n) is 2.78. The largest absolute Gasteiger partial charge is 0.598 e.